The van der Waals surface area contributed by atoms with Crippen LogP contribution in [0.25, 0.3) is 11.1 Å². The Labute approximate surface area is 263 Å². The summed E-state index contributed by atoms with van der Waals surface area (Å²) >= 11 is 0. The van der Waals surface area contributed by atoms with Crippen molar-refractivity contribution in [3.05, 3.63) is 106 Å². The number of amides is 1. The lowest BCUT2D eigenvalue weighted by Gasteiger charge is -2.24. The largest absolute Gasteiger partial charge is 0.492 e. The van der Waals surface area contributed by atoms with Gasteiger partial charge in [-0.25, -0.2) is 8.42 Å². The number of nitrogens with one attached hydrogen (secondary N) is 1. The molecule has 1 atom stereocenters. The summed E-state index contributed by atoms with van der Waals surface area (Å²) in [6, 6.07) is 21.4. The third-order valence-corrected chi connectivity index (χ3v) is 9.71. The van der Waals surface area contributed by atoms with Gasteiger partial charge < -0.3 is 10.4 Å². The summed E-state index contributed by atoms with van der Waals surface area (Å²) in [4.78, 5) is 30.4. The van der Waals surface area contributed by atoms with Crippen LogP contribution in [0.4, 0.5) is 0 Å². The fraction of sp³-hybridized carbons (Fsp3) is 0.314. The van der Waals surface area contributed by atoms with Crippen molar-refractivity contribution in [2.24, 2.45) is 5.92 Å². The lowest BCUT2D eigenvalue weighted by atomic mass is 9.99. The summed E-state index contributed by atoms with van der Waals surface area (Å²) < 4.78 is 29.5. The molecule has 1 aromatic heterocycles. The van der Waals surface area contributed by atoms with Gasteiger partial charge in [-0.3, -0.25) is 14.2 Å². The minimum atomic E-state index is -4.51. The van der Waals surface area contributed by atoms with Crippen molar-refractivity contribution < 1.29 is 18.3 Å². The highest BCUT2D eigenvalue weighted by atomic mass is 32.2. The van der Waals surface area contributed by atoms with Gasteiger partial charge in [-0.2, -0.15) is 10.2 Å². The zero-order chi connectivity index (χ0) is 32.3. The molecule has 3 aromatic carbocycles. The van der Waals surface area contributed by atoms with E-state index < -0.39 is 32.2 Å². The van der Waals surface area contributed by atoms with E-state index in [1.807, 2.05) is 26.8 Å². The summed E-state index contributed by atoms with van der Waals surface area (Å²) in [6.07, 6.45) is 3.54. The molecule has 1 aliphatic carbocycles. The molecule has 2 N–H and O–H groups in total. The zero-order valence-electron chi connectivity index (χ0n) is 25.5. The summed E-state index contributed by atoms with van der Waals surface area (Å²) in [6.45, 7) is 5.73. The fourth-order valence-electron chi connectivity index (χ4n) is 5.62. The van der Waals surface area contributed by atoms with Crippen LogP contribution < -0.4 is 10.9 Å². The molecule has 0 unspecified atom stereocenters. The fourth-order valence-corrected chi connectivity index (χ4v) is 6.97. The van der Waals surface area contributed by atoms with Gasteiger partial charge in [0.1, 0.15) is 5.82 Å². The Morgan fingerprint density at radius 2 is 1.80 bits per heavy atom. The summed E-state index contributed by atoms with van der Waals surface area (Å²) in [5, 5.41) is 23.4. The van der Waals surface area contributed by atoms with E-state index in [0.717, 1.165) is 24.8 Å². The van der Waals surface area contributed by atoms with Gasteiger partial charge in [0.2, 0.25) is 15.7 Å². The van der Waals surface area contributed by atoms with Crippen LogP contribution in [0.15, 0.2) is 87.4 Å². The number of unbranched alkanes of at least 4 members (excludes halogenated alkanes) is 1. The first-order valence-electron chi connectivity index (χ1n) is 15.2. The maximum atomic E-state index is 14.3. The highest BCUT2D eigenvalue weighted by Crippen LogP contribution is 2.44. The van der Waals surface area contributed by atoms with E-state index in [2.05, 4.69) is 16.4 Å². The molecule has 1 heterocycles. The van der Waals surface area contributed by atoms with Crippen LogP contribution in [0.1, 0.15) is 79.8 Å². The molecule has 45 heavy (non-hydrogen) atoms. The average molecular weight is 625 g/mol. The van der Waals surface area contributed by atoms with Gasteiger partial charge in [0.15, 0.2) is 4.90 Å². The Kier molecular flexibility index (Phi) is 9.21. The second-order valence-electron chi connectivity index (χ2n) is 11.7. The van der Waals surface area contributed by atoms with Crippen molar-refractivity contribution >= 4 is 15.7 Å². The van der Waals surface area contributed by atoms with Crippen LogP contribution >= 0.6 is 0 Å². The van der Waals surface area contributed by atoms with Gasteiger partial charge in [0, 0.05) is 18.0 Å². The summed E-state index contributed by atoms with van der Waals surface area (Å²) in [5.41, 5.74) is 2.00. The minimum absolute atomic E-state index is 0.0613. The Bertz CT molecular complexity index is 1940. The number of rotatable bonds is 11. The number of carbonyl (C=O) groups is 1. The van der Waals surface area contributed by atoms with Crippen molar-refractivity contribution in [3.8, 4) is 23.1 Å². The van der Waals surface area contributed by atoms with Crippen LogP contribution in [0, 0.1) is 17.2 Å². The van der Waals surface area contributed by atoms with Crippen molar-refractivity contribution in [1.82, 2.24) is 14.9 Å². The third kappa shape index (κ3) is 6.54. The topological polar surface area (TPSA) is 142 Å². The number of nitriles is 1. The molecule has 1 aliphatic rings. The first-order chi connectivity index (χ1) is 21.6. The normalized spacial score (nSPS) is 13.8. The molecular weight excluding hydrogens is 588 g/mol. The van der Waals surface area contributed by atoms with E-state index in [0.29, 0.717) is 40.9 Å². The highest BCUT2D eigenvalue weighted by Gasteiger charge is 2.38. The summed E-state index contributed by atoms with van der Waals surface area (Å²) in [5.74, 6) is -0.708. The molecule has 4 aromatic rings. The standard InChI is InChI=1S/C35H36N4O5S/c1-4-5-13-30-38-34(41)32(35(42)39(30)31(25-14-15-25)26-10-8-9-23(20-26)21-36)45(43,44)27-18-16-24(17-19-27)28-11-6-7-12-29(28)33(40)37-22(2)3/h6-12,16-20,22,25,31,41H,4-5,13-15H2,1-3H3,(H,37,40)/t31-/m0/s1. The molecule has 5 rings (SSSR count). The Morgan fingerprint density at radius 3 is 2.44 bits per heavy atom. The Balaban J connectivity index is 1.61. The van der Waals surface area contributed by atoms with Gasteiger partial charge in [0.25, 0.3) is 11.5 Å². The van der Waals surface area contributed by atoms with Gasteiger partial charge in [-0.15, -0.1) is 0 Å². The molecule has 10 heteroatoms. The van der Waals surface area contributed by atoms with Crippen LogP contribution in [-0.2, 0) is 16.3 Å². The van der Waals surface area contributed by atoms with Crippen LogP contribution in [0.3, 0.4) is 0 Å². The number of aryl methyl sites for hydroxylation is 1. The van der Waals surface area contributed by atoms with Crippen molar-refractivity contribution in [2.45, 2.75) is 74.7 Å². The van der Waals surface area contributed by atoms with Crippen molar-refractivity contribution in [2.75, 3.05) is 0 Å². The predicted octanol–water partition coefficient (Wildman–Crippen LogP) is 5.80. The second-order valence-corrected chi connectivity index (χ2v) is 13.6. The summed E-state index contributed by atoms with van der Waals surface area (Å²) in [7, 11) is -4.51. The first kappa shape index (κ1) is 31.7. The number of aromatic hydroxyl groups is 1. The van der Waals surface area contributed by atoms with E-state index in [1.54, 1.807) is 54.6 Å². The molecule has 0 bridgehead atoms. The second kappa shape index (κ2) is 13.1. The van der Waals surface area contributed by atoms with Crippen LogP contribution in [0.5, 0.6) is 5.88 Å². The minimum Gasteiger partial charge on any atom is -0.492 e. The van der Waals surface area contributed by atoms with Gasteiger partial charge >= 0.3 is 0 Å². The van der Waals surface area contributed by atoms with E-state index in [-0.39, 0.29) is 22.8 Å². The van der Waals surface area contributed by atoms with E-state index in [9.17, 15) is 28.4 Å². The zero-order valence-corrected chi connectivity index (χ0v) is 26.3. The monoisotopic (exact) mass is 624 g/mol. The van der Waals surface area contributed by atoms with Gasteiger partial charge in [-0.05, 0) is 86.1 Å². The molecule has 9 nitrogen and oxygen atoms in total. The van der Waals surface area contributed by atoms with Gasteiger partial charge in [-0.1, -0.05) is 55.8 Å². The molecule has 1 amide bonds. The third-order valence-electron chi connectivity index (χ3n) is 7.92. The first-order valence-corrected chi connectivity index (χ1v) is 16.6. The molecule has 0 aliphatic heterocycles. The number of hydrogen-bond acceptors (Lipinski definition) is 7. The van der Waals surface area contributed by atoms with Crippen molar-refractivity contribution in [1.29, 1.82) is 5.26 Å². The number of nitrogens with zero attached hydrogens (tertiary/aromatic N) is 3. The number of aromatic nitrogens is 2. The number of benzene rings is 3. The maximum Gasteiger partial charge on any atom is 0.277 e. The molecule has 1 saturated carbocycles. The Hall–Kier alpha value is -4.75. The Morgan fingerprint density at radius 1 is 1.09 bits per heavy atom. The lowest BCUT2D eigenvalue weighted by molar-refractivity contribution is 0.0943. The number of hydrogen-bond donors (Lipinski definition) is 2. The number of carbonyl (C=O) groups excluding carboxylic acids is 1. The van der Waals surface area contributed by atoms with E-state index in [1.165, 1.54) is 16.7 Å². The molecule has 0 saturated heterocycles. The van der Waals surface area contributed by atoms with Crippen LogP contribution in [0.2, 0.25) is 0 Å². The molecule has 1 fully saturated rings. The molecular formula is C35H36N4O5S. The molecule has 232 valence electrons. The number of sulfone groups is 1. The predicted molar refractivity (Wildman–Crippen MR) is 171 cm³/mol. The van der Waals surface area contributed by atoms with E-state index >= 15 is 0 Å². The van der Waals surface area contributed by atoms with E-state index in [4.69, 9.17) is 0 Å². The SMILES string of the molecule is CCCCc1nc(O)c(S(=O)(=O)c2ccc(-c3ccccc3C(=O)NC(C)C)cc2)c(=O)n1[C@H](c1cccc(C#N)c1)C1CC1. The quantitative estimate of drug-likeness (QED) is 0.215. The van der Waals surface area contributed by atoms with Gasteiger partial charge in [0.05, 0.1) is 22.6 Å². The highest BCUT2D eigenvalue weighted by molar-refractivity contribution is 7.91. The lowest BCUT2D eigenvalue weighted by Crippen LogP contribution is -2.34. The maximum absolute atomic E-state index is 14.3. The van der Waals surface area contributed by atoms with Crippen molar-refractivity contribution in [3.63, 3.8) is 0 Å². The molecule has 0 radical (unpaired) electrons. The molecule has 0 spiro atoms. The average Bonchev–Trinajstić information content (AvgIpc) is 3.86. The van der Waals surface area contributed by atoms with Crippen LogP contribution in [-0.4, -0.2) is 35.0 Å². The smallest absolute Gasteiger partial charge is 0.277 e.